The van der Waals surface area contributed by atoms with Gasteiger partial charge in [0.05, 0.1) is 5.69 Å². The fourth-order valence-electron chi connectivity index (χ4n) is 7.82. The Morgan fingerprint density at radius 2 is 1.89 bits per heavy atom. The summed E-state index contributed by atoms with van der Waals surface area (Å²) >= 11 is 5.98. The van der Waals surface area contributed by atoms with Crippen LogP contribution in [0.25, 0.3) is 0 Å². The minimum atomic E-state index is 0.267. The molecule has 4 fully saturated rings. The van der Waals surface area contributed by atoms with Gasteiger partial charge in [0.15, 0.2) is 0 Å². The Bertz CT molecular complexity index is 795. The van der Waals surface area contributed by atoms with Gasteiger partial charge in [-0.25, -0.2) is 0 Å². The molecule has 2 heterocycles. The quantitative estimate of drug-likeness (QED) is 0.569. The minimum Gasteiger partial charge on any atom is -0.353 e. The van der Waals surface area contributed by atoms with Gasteiger partial charge in [-0.1, -0.05) is 32.1 Å². The van der Waals surface area contributed by atoms with Crippen LogP contribution in [0.3, 0.4) is 0 Å². The molecule has 0 spiro atoms. The monoisotopic (exact) mass is 396 g/mol. The van der Waals surface area contributed by atoms with Gasteiger partial charge in [-0.05, 0) is 85.7 Å². The van der Waals surface area contributed by atoms with Crippen molar-refractivity contribution < 1.29 is 4.79 Å². The summed E-state index contributed by atoms with van der Waals surface area (Å²) in [5.74, 6) is 3.08. The molecule has 7 atom stereocenters. The highest BCUT2D eigenvalue weighted by atomic mass is 32.1. The third kappa shape index (κ3) is 2.63. The van der Waals surface area contributed by atoms with Crippen molar-refractivity contribution in [2.45, 2.75) is 71.3 Å². The van der Waals surface area contributed by atoms with Gasteiger partial charge in [0, 0.05) is 29.4 Å². The average Bonchev–Trinajstić information content (AvgIpc) is 3.06. The summed E-state index contributed by atoms with van der Waals surface area (Å²) in [5.41, 5.74) is 1.62. The molecule has 3 saturated carbocycles. The van der Waals surface area contributed by atoms with Crippen LogP contribution in [0.1, 0.15) is 70.9 Å². The topological polar surface area (TPSA) is 42.0 Å². The van der Waals surface area contributed by atoms with Crippen LogP contribution in [0.5, 0.6) is 0 Å². The van der Waals surface area contributed by atoms with Gasteiger partial charge in [-0.15, -0.1) is 0 Å². The van der Waals surface area contributed by atoms with E-state index in [0.29, 0.717) is 23.8 Å². The Labute approximate surface area is 174 Å². The third-order valence-corrected chi connectivity index (χ3v) is 9.82. The molecule has 28 heavy (non-hydrogen) atoms. The lowest BCUT2D eigenvalue weighted by atomic mass is 9.47. The number of carbonyl (C=O) groups excluding carboxylic acids is 1. The van der Waals surface area contributed by atoms with Gasteiger partial charge >= 0.3 is 0 Å². The van der Waals surface area contributed by atoms with Gasteiger partial charge in [-0.2, -0.15) is 0 Å². The van der Waals surface area contributed by atoms with Crippen LogP contribution in [-0.2, 0) is 4.79 Å². The maximum atomic E-state index is 12.0. The van der Waals surface area contributed by atoms with E-state index in [1.807, 2.05) is 12.3 Å². The predicted octanol–water partition coefficient (Wildman–Crippen LogP) is 4.94. The number of amides is 1. The first-order valence-corrected chi connectivity index (χ1v) is 11.6. The highest BCUT2D eigenvalue weighted by Crippen LogP contribution is 2.65. The van der Waals surface area contributed by atoms with Crippen LogP contribution in [-0.4, -0.2) is 21.8 Å². The van der Waals surface area contributed by atoms with Crippen molar-refractivity contribution in [1.29, 1.82) is 0 Å². The van der Waals surface area contributed by atoms with Crippen molar-refractivity contribution in [2.24, 2.45) is 34.5 Å². The molecule has 1 aromatic rings. The summed E-state index contributed by atoms with van der Waals surface area (Å²) in [7, 11) is 0. The van der Waals surface area contributed by atoms with E-state index < -0.39 is 0 Å². The number of hydrogen-bond acceptors (Lipinski definition) is 3. The molecular formula is C24H32N2OS. The van der Waals surface area contributed by atoms with E-state index in [9.17, 15) is 4.79 Å². The van der Waals surface area contributed by atoms with E-state index >= 15 is 0 Å². The summed E-state index contributed by atoms with van der Waals surface area (Å²) < 4.78 is 0. The molecule has 1 saturated heterocycles. The summed E-state index contributed by atoms with van der Waals surface area (Å²) in [6, 6.07) is 6.51. The van der Waals surface area contributed by atoms with Crippen molar-refractivity contribution in [1.82, 2.24) is 10.3 Å². The molecule has 0 radical (unpaired) electrons. The molecule has 0 aromatic carbocycles. The number of carbonyl (C=O) groups is 1. The molecule has 1 aromatic heterocycles. The van der Waals surface area contributed by atoms with Gasteiger partial charge in [-0.3, -0.25) is 9.78 Å². The molecule has 2 unspecified atom stereocenters. The number of rotatable bonds is 2. The first-order valence-electron chi connectivity index (χ1n) is 11.2. The second-order valence-corrected chi connectivity index (χ2v) is 10.8. The van der Waals surface area contributed by atoms with E-state index in [-0.39, 0.29) is 11.3 Å². The Morgan fingerprint density at radius 3 is 2.68 bits per heavy atom. The van der Waals surface area contributed by atoms with Gasteiger partial charge in [0.1, 0.15) is 0 Å². The third-order valence-electron chi connectivity index (χ3n) is 9.33. The Morgan fingerprint density at radius 1 is 1.07 bits per heavy atom. The first-order chi connectivity index (χ1) is 13.4. The fourth-order valence-corrected chi connectivity index (χ4v) is 8.33. The maximum absolute atomic E-state index is 12.0. The number of fused-ring (bicyclic) bond motifs is 5. The molecule has 0 bridgehead atoms. The zero-order valence-electron chi connectivity index (χ0n) is 17.1. The van der Waals surface area contributed by atoms with Crippen molar-refractivity contribution in [3.05, 3.63) is 30.1 Å². The second-order valence-electron chi connectivity index (χ2n) is 10.3. The van der Waals surface area contributed by atoms with E-state index in [0.717, 1.165) is 41.2 Å². The summed E-state index contributed by atoms with van der Waals surface area (Å²) in [5, 5.41) is 3.34. The number of pyridine rings is 1. The van der Waals surface area contributed by atoms with Crippen molar-refractivity contribution in [2.75, 3.05) is 0 Å². The Hall–Kier alpha value is -1.29. The highest BCUT2D eigenvalue weighted by molar-refractivity contribution is 7.80. The molecule has 4 heteroatoms. The second kappa shape index (κ2) is 6.62. The normalized spacial score (nSPS) is 44.8. The van der Waals surface area contributed by atoms with E-state index in [1.54, 1.807) is 0 Å². The van der Waals surface area contributed by atoms with Gasteiger partial charge in [0.2, 0.25) is 5.91 Å². The smallest absolute Gasteiger partial charge is 0.220 e. The molecule has 3 nitrogen and oxygen atoms in total. The van der Waals surface area contributed by atoms with Crippen LogP contribution in [0.15, 0.2) is 24.4 Å². The summed E-state index contributed by atoms with van der Waals surface area (Å²) in [6.45, 7) is 5.00. The number of hydrogen-bond donors (Lipinski definition) is 1. The zero-order valence-corrected chi connectivity index (χ0v) is 17.9. The molecule has 5 rings (SSSR count). The molecular weight excluding hydrogens is 364 g/mol. The van der Waals surface area contributed by atoms with Crippen LogP contribution < -0.4 is 5.32 Å². The maximum Gasteiger partial charge on any atom is 0.220 e. The molecule has 1 amide bonds. The largest absolute Gasteiger partial charge is 0.353 e. The van der Waals surface area contributed by atoms with Crippen molar-refractivity contribution in [3.8, 4) is 0 Å². The first kappa shape index (κ1) is 18.7. The lowest BCUT2D eigenvalue weighted by Gasteiger charge is -2.60. The number of thiocarbonyl (C=S) groups is 1. The van der Waals surface area contributed by atoms with Crippen molar-refractivity contribution in [3.63, 3.8) is 0 Å². The van der Waals surface area contributed by atoms with Crippen LogP contribution in [0.4, 0.5) is 0 Å². The van der Waals surface area contributed by atoms with Gasteiger partial charge in [0.25, 0.3) is 0 Å². The Kier molecular flexibility index (Phi) is 4.42. The summed E-state index contributed by atoms with van der Waals surface area (Å²) in [4.78, 5) is 17.6. The SMILES string of the molecule is C[C@]12CCC(=O)NC1CC[C@@H]1[C@H]2CC[C@]2(C)C(C(=S)c3ccccn3)CC[C@@H]12. The van der Waals surface area contributed by atoms with Crippen LogP contribution in [0.2, 0.25) is 0 Å². The number of nitrogens with zero attached hydrogens (tertiary/aromatic N) is 1. The highest BCUT2D eigenvalue weighted by Gasteiger charge is 2.60. The molecule has 1 aliphatic heterocycles. The molecule has 4 aliphatic rings. The van der Waals surface area contributed by atoms with Gasteiger partial charge < -0.3 is 5.32 Å². The Balaban J connectivity index is 1.41. The predicted molar refractivity (Wildman–Crippen MR) is 115 cm³/mol. The standard InChI is InChI=1S/C24H32N2OS/c1-23-12-10-17-15(6-9-20-24(17,2)13-11-21(27)26-20)16(23)7-8-18(23)22(28)19-5-3-4-14-25-19/h3-5,14-18,20H,6-13H2,1-2H3,(H,26,27)/t15-,16-,17+,18?,20?,23-,24+/m0/s1. The molecule has 1 N–H and O–H groups in total. The number of aromatic nitrogens is 1. The number of nitrogens with one attached hydrogen (secondary N) is 1. The minimum absolute atomic E-state index is 0.267. The van der Waals surface area contributed by atoms with Crippen LogP contribution >= 0.6 is 12.2 Å². The number of piperidine rings is 1. The molecule has 3 aliphatic carbocycles. The molecule has 150 valence electrons. The van der Waals surface area contributed by atoms with E-state index in [4.69, 9.17) is 12.2 Å². The fraction of sp³-hybridized carbons (Fsp3) is 0.708. The van der Waals surface area contributed by atoms with E-state index in [2.05, 4.69) is 36.3 Å². The van der Waals surface area contributed by atoms with E-state index in [1.165, 1.54) is 32.1 Å². The van der Waals surface area contributed by atoms with Crippen LogP contribution in [0, 0.1) is 34.5 Å². The van der Waals surface area contributed by atoms with Crippen molar-refractivity contribution >= 4 is 23.0 Å². The lowest BCUT2D eigenvalue weighted by Crippen LogP contribution is -2.61. The zero-order chi connectivity index (χ0) is 19.5. The lowest BCUT2D eigenvalue weighted by molar-refractivity contribution is -0.136. The summed E-state index contributed by atoms with van der Waals surface area (Å²) in [6.07, 6.45) is 11.2. The average molecular weight is 397 g/mol.